The van der Waals surface area contributed by atoms with Gasteiger partial charge >= 0.3 is 0 Å². The maximum atomic E-state index is 8.96. The molecule has 3 heteroatoms. The molecule has 1 aliphatic rings. The molecule has 1 saturated carbocycles. The van der Waals surface area contributed by atoms with Crippen LogP contribution in [0.3, 0.4) is 0 Å². The Morgan fingerprint density at radius 2 is 2.07 bits per heavy atom. The Balaban J connectivity index is 2.17. The van der Waals surface area contributed by atoms with Crippen LogP contribution < -0.4 is 0 Å². The third-order valence-electron chi connectivity index (χ3n) is 3.25. The molecule has 0 spiro atoms. The van der Waals surface area contributed by atoms with E-state index in [2.05, 4.69) is 24.8 Å². The zero-order valence-electron chi connectivity index (χ0n) is 9.91. The highest BCUT2D eigenvalue weighted by Gasteiger charge is 2.27. The second-order valence-corrected chi connectivity index (χ2v) is 5.45. The van der Waals surface area contributed by atoms with Crippen molar-refractivity contribution < 1.29 is 0 Å². The number of thioether (sulfide) groups is 1. The molecule has 0 aromatic carbocycles. The fraction of sp³-hybridized carbons (Fsp3) is 0.917. The summed E-state index contributed by atoms with van der Waals surface area (Å²) in [5.41, 5.74) is 0. The zero-order chi connectivity index (χ0) is 11.1. The standard InChI is InChI=1S/C12H22N2S/c1-3-14(4-2)8-9-15-12-7-5-6-11(12)10-13/h11-12H,3-9H2,1-2H3. The predicted molar refractivity (Wildman–Crippen MR) is 67.0 cm³/mol. The maximum Gasteiger partial charge on any atom is 0.0667 e. The van der Waals surface area contributed by atoms with E-state index in [4.69, 9.17) is 5.26 Å². The van der Waals surface area contributed by atoms with Crippen molar-refractivity contribution in [3.05, 3.63) is 0 Å². The van der Waals surface area contributed by atoms with Gasteiger partial charge in [-0.05, 0) is 25.9 Å². The van der Waals surface area contributed by atoms with Crippen molar-refractivity contribution in [2.75, 3.05) is 25.4 Å². The van der Waals surface area contributed by atoms with Crippen LogP contribution in [0, 0.1) is 17.2 Å². The van der Waals surface area contributed by atoms with Crippen molar-refractivity contribution in [3.8, 4) is 6.07 Å². The number of nitrogens with zero attached hydrogens (tertiary/aromatic N) is 2. The average Bonchev–Trinajstić information content (AvgIpc) is 2.72. The highest BCUT2D eigenvalue weighted by Crippen LogP contribution is 2.34. The molecule has 0 N–H and O–H groups in total. The molecule has 2 atom stereocenters. The van der Waals surface area contributed by atoms with E-state index in [9.17, 15) is 0 Å². The van der Waals surface area contributed by atoms with Crippen LogP contribution in [-0.4, -0.2) is 35.5 Å². The number of rotatable bonds is 6. The molecule has 0 radical (unpaired) electrons. The van der Waals surface area contributed by atoms with E-state index in [0.29, 0.717) is 11.2 Å². The Labute approximate surface area is 98.0 Å². The average molecular weight is 226 g/mol. The third kappa shape index (κ3) is 4.04. The van der Waals surface area contributed by atoms with Gasteiger partial charge < -0.3 is 4.90 Å². The minimum Gasteiger partial charge on any atom is -0.303 e. The largest absolute Gasteiger partial charge is 0.303 e. The molecule has 1 fully saturated rings. The molecule has 1 rings (SSSR count). The van der Waals surface area contributed by atoms with Gasteiger partial charge in [0.15, 0.2) is 0 Å². The van der Waals surface area contributed by atoms with Crippen LogP contribution in [0.4, 0.5) is 0 Å². The summed E-state index contributed by atoms with van der Waals surface area (Å²) in [4.78, 5) is 2.45. The van der Waals surface area contributed by atoms with Gasteiger partial charge in [0.25, 0.3) is 0 Å². The summed E-state index contributed by atoms with van der Waals surface area (Å²) in [6, 6.07) is 2.45. The van der Waals surface area contributed by atoms with Crippen LogP contribution in [0.2, 0.25) is 0 Å². The fourth-order valence-corrected chi connectivity index (χ4v) is 3.58. The Morgan fingerprint density at radius 3 is 2.67 bits per heavy atom. The van der Waals surface area contributed by atoms with Crippen LogP contribution in [0.5, 0.6) is 0 Å². The van der Waals surface area contributed by atoms with Crippen molar-refractivity contribution in [1.82, 2.24) is 4.90 Å². The molecule has 0 saturated heterocycles. The van der Waals surface area contributed by atoms with E-state index in [-0.39, 0.29) is 0 Å². The molecule has 1 aliphatic carbocycles. The smallest absolute Gasteiger partial charge is 0.0667 e. The van der Waals surface area contributed by atoms with Crippen LogP contribution in [0.15, 0.2) is 0 Å². The topological polar surface area (TPSA) is 27.0 Å². The van der Waals surface area contributed by atoms with Crippen LogP contribution in [0.1, 0.15) is 33.1 Å². The highest BCUT2D eigenvalue weighted by molar-refractivity contribution is 7.99. The van der Waals surface area contributed by atoms with Crippen molar-refractivity contribution in [1.29, 1.82) is 5.26 Å². The van der Waals surface area contributed by atoms with E-state index in [1.165, 1.54) is 25.1 Å². The minimum atomic E-state index is 0.326. The van der Waals surface area contributed by atoms with Crippen LogP contribution in [0.25, 0.3) is 0 Å². The second kappa shape index (κ2) is 7.14. The predicted octanol–water partition coefficient (Wildman–Crippen LogP) is 2.75. The van der Waals surface area contributed by atoms with Gasteiger partial charge in [0.2, 0.25) is 0 Å². The number of nitriles is 1. The maximum absolute atomic E-state index is 8.96. The molecule has 0 aliphatic heterocycles. The molecule has 15 heavy (non-hydrogen) atoms. The summed E-state index contributed by atoms with van der Waals surface area (Å²) < 4.78 is 0. The zero-order valence-corrected chi connectivity index (χ0v) is 10.7. The first-order valence-electron chi connectivity index (χ1n) is 6.05. The monoisotopic (exact) mass is 226 g/mol. The first kappa shape index (κ1) is 12.9. The molecule has 2 unspecified atom stereocenters. The van der Waals surface area contributed by atoms with E-state index < -0.39 is 0 Å². The molecular formula is C12H22N2S. The molecule has 86 valence electrons. The normalized spacial score (nSPS) is 25.7. The van der Waals surface area contributed by atoms with Gasteiger partial charge in [0.1, 0.15) is 0 Å². The van der Waals surface area contributed by atoms with Gasteiger partial charge in [-0.1, -0.05) is 20.3 Å². The fourth-order valence-electron chi connectivity index (χ4n) is 2.15. The van der Waals surface area contributed by atoms with Crippen molar-refractivity contribution in [2.24, 2.45) is 5.92 Å². The lowest BCUT2D eigenvalue weighted by atomic mass is 10.1. The molecule has 0 amide bonds. The van der Waals surface area contributed by atoms with Gasteiger partial charge in [-0.2, -0.15) is 17.0 Å². The first-order chi connectivity index (χ1) is 7.31. The lowest BCUT2D eigenvalue weighted by Gasteiger charge is -2.19. The molecule has 2 nitrogen and oxygen atoms in total. The molecule has 0 bridgehead atoms. The van der Waals surface area contributed by atoms with Crippen molar-refractivity contribution in [3.63, 3.8) is 0 Å². The molecule has 0 heterocycles. The summed E-state index contributed by atoms with van der Waals surface area (Å²) in [6.07, 6.45) is 3.63. The lowest BCUT2D eigenvalue weighted by molar-refractivity contribution is 0.323. The summed E-state index contributed by atoms with van der Waals surface area (Å²) in [6.45, 7) is 7.88. The summed E-state index contributed by atoms with van der Waals surface area (Å²) in [5, 5.41) is 9.58. The van der Waals surface area contributed by atoms with Gasteiger partial charge in [-0.3, -0.25) is 0 Å². The van der Waals surface area contributed by atoms with Gasteiger partial charge in [-0.25, -0.2) is 0 Å². The SMILES string of the molecule is CCN(CC)CCSC1CCCC1C#N. The van der Waals surface area contributed by atoms with Crippen LogP contribution >= 0.6 is 11.8 Å². The number of hydrogen-bond acceptors (Lipinski definition) is 3. The van der Waals surface area contributed by atoms with Crippen LogP contribution in [-0.2, 0) is 0 Å². The summed E-state index contributed by atoms with van der Waals surface area (Å²) in [5.74, 6) is 1.51. The first-order valence-corrected chi connectivity index (χ1v) is 7.10. The second-order valence-electron chi connectivity index (χ2n) is 4.10. The van der Waals surface area contributed by atoms with E-state index >= 15 is 0 Å². The van der Waals surface area contributed by atoms with Crippen molar-refractivity contribution in [2.45, 2.75) is 38.4 Å². The Morgan fingerprint density at radius 1 is 1.33 bits per heavy atom. The third-order valence-corrected chi connectivity index (χ3v) is 4.66. The Bertz CT molecular complexity index is 208. The quantitative estimate of drug-likeness (QED) is 0.697. The van der Waals surface area contributed by atoms with Crippen molar-refractivity contribution >= 4 is 11.8 Å². The van der Waals surface area contributed by atoms with E-state index in [0.717, 1.165) is 19.5 Å². The molecular weight excluding hydrogens is 204 g/mol. The number of hydrogen-bond donors (Lipinski definition) is 0. The van der Waals surface area contributed by atoms with Gasteiger partial charge in [-0.15, -0.1) is 0 Å². The Kier molecular flexibility index (Phi) is 6.12. The van der Waals surface area contributed by atoms with E-state index in [1.54, 1.807) is 0 Å². The Hall–Kier alpha value is -0.200. The molecule has 0 aromatic heterocycles. The van der Waals surface area contributed by atoms with Gasteiger partial charge in [0, 0.05) is 17.5 Å². The summed E-state index contributed by atoms with van der Waals surface area (Å²) >= 11 is 2.01. The molecule has 0 aromatic rings. The van der Waals surface area contributed by atoms with E-state index in [1.807, 2.05) is 11.8 Å². The van der Waals surface area contributed by atoms with Gasteiger partial charge in [0.05, 0.1) is 12.0 Å². The highest BCUT2D eigenvalue weighted by atomic mass is 32.2. The lowest BCUT2D eigenvalue weighted by Crippen LogP contribution is -2.26. The summed E-state index contributed by atoms with van der Waals surface area (Å²) in [7, 11) is 0. The minimum absolute atomic E-state index is 0.326.